The van der Waals surface area contributed by atoms with Gasteiger partial charge in [-0.25, -0.2) is 0 Å². The maximum atomic E-state index is 5.72. The van der Waals surface area contributed by atoms with Gasteiger partial charge in [-0.05, 0) is 43.0 Å². The van der Waals surface area contributed by atoms with E-state index in [1.165, 1.54) is 47.1 Å². The molecule has 0 saturated carbocycles. The van der Waals surface area contributed by atoms with Crippen molar-refractivity contribution in [2.75, 3.05) is 0 Å². The molecule has 2 aromatic rings. The Labute approximate surface area is 89.7 Å². The van der Waals surface area contributed by atoms with Crippen LogP contribution in [0.2, 0.25) is 0 Å². The summed E-state index contributed by atoms with van der Waals surface area (Å²) in [6, 6.07) is 6.79. The van der Waals surface area contributed by atoms with E-state index in [-0.39, 0.29) is 0 Å². The molecule has 1 aliphatic heterocycles. The molecule has 78 valence electrons. The highest BCUT2D eigenvalue weighted by atomic mass is 15.0. The molecule has 0 spiro atoms. The van der Waals surface area contributed by atoms with Gasteiger partial charge in [-0.2, -0.15) is 0 Å². The number of aryl methyl sites for hydroxylation is 3. The Morgan fingerprint density at radius 1 is 1.33 bits per heavy atom. The third-order valence-corrected chi connectivity index (χ3v) is 3.40. The van der Waals surface area contributed by atoms with Crippen molar-refractivity contribution in [2.24, 2.45) is 5.73 Å². The second-order valence-corrected chi connectivity index (χ2v) is 4.44. The van der Waals surface area contributed by atoms with Gasteiger partial charge in [0.1, 0.15) is 0 Å². The summed E-state index contributed by atoms with van der Waals surface area (Å²) in [5.41, 5.74) is 11.3. The molecule has 15 heavy (non-hydrogen) atoms. The highest BCUT2D eigenvalue weighted by Gasteiger charge is 2.15. The van der Waals surface area contributed by atoms with Crippen LogP contribution in [0, 0.1) is 6.92 Å². The Morgan fingerprint density at radius 3 is 3.00 bits per heavy atom. The fourth-order valence-corrected chi connectivity index (χ4v) is 2.73. The molecule has 0 bridgehead atoms. The fourth-order valence-electron chi connectivity index (χ4n) is 2.73. The molecule has 0 radical (unpaired) electrons. The molecule has 1 aromatic carbocycles. The number of hydrogen-bond acceptors (Lipinski definition) is 1. The Hall–Kier alpha value is -1.28. The van der Waals surface area contributed by atoms with Crippen LogP contribution in [0.25, 0.3) is 10.9 Å². The first-order chi connectivity index (χ1) is 7.29. The molecule has 2 nitrogen and oxygen atoms in total. The van der Waals surface area contributed by atoms with Crippen LogP contribution in [0.3, 0.4) is 0 Å². The predicted molar refractivity (Wildman–Crippen MR) is 62.9 cm³/mol. The summed E-state index contributed by atoms with van der Waals surface area (Å²) in [7, 11) is 0. The fraction of sp³-hybridized carbons (Fsp3) is 0.385. The van der Waals surface area contributed by atoms with E-state index in [2.05, 4.69) is 29.7 Å². The van der Waals surface area contributed by atoms with Gasteiger partial charge in [-0.3, -0.25) is 0 Å². The van der Waals surface area contributed by atoms with Gasteiger partial charge < -0.3 is 10.3 Å². The van der Waals surface area contributed by atoms with Crippen molar-refractivity contribution in [3.63, 3.8) is 0 Å². The van der Waals surface area contributed by atoms with Crippen LogP contribution in [-0.4, -0.2) is 4.57 Å². The smallest absolute Gasteiger partial charge is 0.0515 e. The van der Waals surface area contributed by atoms with E-state index in [0.717, 1.165) is 0 Å². The molecule has 0 atom stereocenters. The number of benzene rings is 1. The number of nitrogens with zero attached hydrogens (tertiary/aromatic N) is 1. The zero-order valence-electron chi connectivity index (χ0n) is 9.09. The second-order valence-electron chi connectivity index (χ2n) is 4.44. The lowest BCUT2D eigenvalue weighted by molar-refractivity contribution is 0.623. The normalized spacial score (nSPS) is 14.8. The van der Waals surface area contributed by atoms with Crippen molar-refractivity contribution in [2.45, 2.75) is 32.9 Å². The first kappa shape index (κ1) is 8.98. The van der Waals surface area contributed by atoms with E-state index in [0.29, 0.717) is 6.54 Å². The minimum atomic E-state index is 0.646. The van der Waals surface area contributed by atoms with Crippen LogP contribution < -0.4 is 5.73 Å². The maximum Gasteiger partial charge on any atom is 0.0515 e. The van der Waals surface area contributed by atoms with Crippen molar-refractivity contribution in [1.82, 2.24) is 4.57 Å². The highest BCUT2D eigenvalue weighted by molar-refractivity contribution is 5.85. The van der Waals surface area contributed by atoms with E-state index in [1.807, 2.05) is 0 Å². The Bertz CT molecular complexity index is 523. The molecule has 0 saturated heterocycles. The summed E-state index contributed by atoms with van der Waals surface area (Å²) >= 11 is 0. The van der Waals surface area contributed by atoms with E-state index in [1.54, 1.807) is 0 Å². The van der Waals surface area contributed by atoms with Crippen LogP contribution >= 0.6 is 0 Å². The van der Waals surface area contributed by atoms with Crippen molar-refractivity contribution >= 4 is 10.9 Å². The SMILES string of the molecule is Cc1cc2cc(CN)cc3c2n1CCC3. The van der Waals surface area contributed by atoms with Gasteiger partial charge in [0.2, 0.25) is 0 Å². The van der Waals surface area contributed by atoms with Gasteiger partial charge in [0.25, 0.3) is 0 Å². The number of hydrogen-bond donors (Lipinski definition) is 1. The molecule has 3 rings (SSSR count). The molecule has 1 aromatic heterocycles. The molecule has 1 aliphatic rings. The van der Waals surface area contributed by atoms with Gasteiger partial charge in [0.15, 0.2) is 0 Å². The monoisotopic (exact) mass is 200 g/mol. The highest BCUT2D eigenvalue weighted by Crippen LogP contribution is 2.29. The van der Waals surface area contributed by atoms with Gasteiger partial charge in [-0.15, -0.1) is 0 Å². The number of aromatic nitrogens is 1. The van der Waals surface area contributed by atoms with Crippen LogP contribution in [0.4, 0.5) is 0 Å². The molecule has 0 fully saturated rings. The van der Waals surface area contributed by atoms with Crippen LogP contribution in [0.15, 0.2) is 18.2 Å². The Morgan fingerprint density at radius 2 is 2.20 bits per heavy atom. The maximum absolute atomic E-state index is 5.72. The summed E-state index contributed by atoms with van der Waals surface area (Å²) in [5, 5.41) is 1.37. The van der Waals surface area contributed by atoms with Crippen LogP contribution in [0.5, 0.6) is 0 Å². The number of rotatable bonds is 1. The summed E-state index contributed by atoms with van der Waals surface area (Å²) in [4.78, 5) is 0. The van der Waals surface area contributed by atoms with Crippen molar-refractivity contribution in [3.8, 4) is 0 Å². The van der Waals surface area contributed by atoms with E-state index >= 15 is 0 Å². The molecule has 2 heterocycles. The lowest BCUT2D eigenvalue weighted by atomic mass is 10.0. The minimum absolute atomic E-state index is 0.646. The Kier molecular flexibility index (Phi) is 1.86. The summed E-state index contributed by atoms with van der Waals surface area (Å²) in [6.07, 6.45) is 2.46. The lowest BCUT2D eigenvalue weighted by Gasteiger charge is -2.17. The average Bonchev–Trinajstić information content (AvgIpc) is 2.58. The van der Waals surface area contributed by atoms with Gasteiger partial charge in [0.05, 0.1) is 5.52 Å². The summed E-state index contributed by atoms with van der Waals surface area (Å²) in [5.74, 6) is 0. The van der Waals surface area contributed by atoms with E-state index in [9.17, 15) is 0 Å². The first-order valence-electron chi connectivity index (χ1n) is 5.61. The largest absolute Gasteiger partial charge is 0.345 e. The van der Waals surface area contributed by atoms with Gasteiger partial charge >= 0.3 is 0 Å². The molecule has 2 N–H and O–H groups in total. The quantitative estimate of drug-likeness (QED) is 0.752. The molecule has 0 aliphatic carbocycles. The topological polar surface area (TPSA) is 30.9 Å². The van der Waals surface area contributed by atoms with E-state index < -0.39 is 0 Å². The predicted octanol–water partition coefficient (Wildman–Crippen LogP) is 2.35. The van der Waals surface area contributed by atoms with Gasteiger partial charge in [-0.1, -0.05) is 6.07 Å². The molecule has 0 amide bonds. The van der Waals surface area contributed by atoms with Crippen LogP contribution in [-0.2, 0) is 19.5 Å². The summed E-state index contributed by atoms with van der Waals surface area (Å²) in [6.45, 7) is 4.01. The standard InChI is InChI=1S/C13H16N2/c1-9-5-12-7-10(8-14)6-11-3-2-4-15(9)13(11)12/h5-7H,2-4,8,14H2,1H3. The molecular formula is C13H16N2. The zero-order valence-corrected chi connectivity index (χ0v) is 9.09. The molecular weight excluding hydrogens is 184 g/mol. The first-order valence-corrected chi connectivity index (χ1v) is 5.61. The minimum Gasteiger partial charge on any atom is -0.345 e. The molecule has 2 heteroatoms. The van der Waals surface area contributed by atoms with Crippen LogP contribution in [0.1, 0.15) is 23.2 Å². The summed E-state index contributed by atoms with van der Waals surface area (Å²) < 4.78 is 2.44. The zero-order chi connectivity index (χ0) is 10.4. The second kappa shape index (κ2) is 3.11. The van der Waals surface area contributed by atoms with Gasteiger partial charge in [0, 0.05) is 24.2 Å². The average molecular weight is 200 g/mol. The Balaban J connectivity index is 2.39. The number of nitrogens with two attached hydrogens (primary N) is 1. The lowest BCUT2D eigenvalue weighted by Crippen LogP contribution is -2.09. The van der Waals surface area contributed by atoms with Crippen molar-refractivity contribution < 1.29 is 0 Å². The third kappa shape index (κ3) is 1.21. The van der Waals surface area contributed by atoms with Crippen molar-refractivity contribution in [3.05, 3.63) is 35.0 Å². The van der Waals surface area contributed by atoms with E-state index in [4.69, 9.17) is 5.73 Å². The molecule has 0 unspecified atom stereocenters. The van der Waals surface area contributed by atoms with Crippen molar-refractivity contribution in [1.29, 1.82) is 0 Å². The third-order valence-electron chi connectivity index (χ3n) is 3.40.